The minimum atomic E-state index is 0.682. The normalized spacial score (nSPS) is 18.1. The number of fused-ring (bicyclic) bond motifs is 1. The molecule has 1 aromatic heterocycles. The minimum absolute atomic E-state index is 0.682. The van der Waals surface area contributed by atoms with E-state index in [4.69, 9.17) is 0 Å². The first-order valence-corrected chi connectivity index (χ1v) is 6.30. The van der Waals surface area contributed by atoms with Crippen LogP contribution >= 0.6 is 0 Å². The Balaban J connectivity index is 2.10. The van der Waals surface area contributed by atoms with Gasteiger partial charge in [-0.05, 0) is 31.9 Å². The Morgan fingerprint density at radius 2 is 1.88 bits per heavy atom. The predicted octanol–water partition coefficient (Wildman–Crippen LogP) is 3.85. The largest absolute Gasteiger partial charge is 0.325 e. The first-order chi connectivity index (χ1) is 7.86. The summed E-state index contributed by atoms with van der Waals surface area (Å²) in [6.45, 7) is 2.13. The third-order valence-corrected chi connectivity index (χ3v) is 3.71. The number of para-hydroxylation sites is 2. The van der Waals surface area contributed by atoms with Gasteiger partial charge in [-0.2, -0.15) is 0 Å². The molecule has 1 fully saturated rings. The SMILES string of the molecule is Cc1nc2ccccc2n1C1CCCCC1. The van der Waals surface area contributed by atoms with E-state index in [0.717, 1.165) is 5.52 Å². The molecule has 1 saturated carbocycles. The van der Waals surface area contributed by atoms with Crippen LogP contribution in [0.5, 0.6) is 0 Å². The molecule has 2 aromatic rings. The maximum absolute atomic E-state index is 4.65. The molecule has 0 atom stereocenters. The van der Waals surface area contributed by atoms with E-state index in [0.29, 0.717) is 6.04 Å². The Labute approximate surface area is 96.3 Å². The van der Waals surface area contributed by atoms with Crippen LogP contribution in [-0.4, -0.2) is 9.55 Å². The predicted molar refractivity (Wildman–Crippen MR) is 66.6 cm³/mol. The first kappa shape index (κ1) is 9.88. The van der Waals surface area contributed by atoms with Crippen LogP contribution in [0.4, 0.5) is 0 Å². The molecule has 0 amide bonds. The molecule has 0 spiro atoms. The number of aromatic nitrogens is 2. The maximum atomic E-state index is 4.65. The van der Waals surface area contributed by atoms with Crippen molar-refractivity contribution in [2.75, 3.05) is 0 Å². The molecule has 1 heterocycles. The Morgan fingerprint density at radius 1 is 1.12 bits per heavy atom. The molecule has 1 aromatic carbocycles. The van der Waals surface area contributed by atoms with Crippen molar-refractivity contribution in [2.24, 2.45) is 0 Å². The van der Waals surface area contributed by atoms with Crippen LogP contribution in [0.15, 0.2) is 24.3 Å². The summed E-state index contributed by atoms with van der Waals surface area (Å²) in [7, 11) is 0. The monoisotopic (exact) mass is 214 g/mol. The van der Waals surface area contributed by atoms with E-state index in [2.05, 4.69) is 40.7 Å². The molecule has 3 rings (SSSR count). The molecule has 84 valence electrons. The highest BCUT2D eigenvalue weighted by Crippen LogP contribution is 2.32. The molecular weight excluding hydrogens is 196 g/mol. The molecule has 2 nitrogen and oxygen atoms in total. The lowest BCUT2D eigenvalue weighted by atomic mass is 9.95. The van der Waals surface area contributed by atoms with Crippen molar-refractivity contribution in [1.82, 2.24) is 9.55 Å². The summed E-state index contributed by atoms with van der Waals surface area (Å²) < 4.78 is 2.45. The number of nitrogens with zero attached hydrogens (tertiary/aromatic N) is 2. The summed E-state index contributed by atoms with van der Waals surface area (Å²) in [4.78, 5) is 4.65. The molecule has 16 heavy (non-hydrogen) atoms. The van der Waals surface area contributed by atoms with Crippen molar-refractivity contribution in [3.63, 3.8) is 0 Å². The van der Waals surface area contributed by atoms with Crippen LogP contribution in [0.1, 0.15) is 44.0 Å². The lowest BCUT2D eigenvalue weighted by Crippen LogP contribution is -2.13. The van der Waals surface area contributed by atoms with Crippen LogP contribution in [0.25, 0.3) is 11.0 Å². The summed E-state index contributed by atoms with van der Waals surface area (Å²) >= 11 is 0. The zero-order chi connectivity index (χ0) is 11.0. The average molecular weight is 214 g/mol. The van der Waals surface area contributed by atoms with Gasteiger partial charge in [0, 0.05) is 6.04 Å². The highest BCUT2D eigenvalue weighted by molar-refractivity contribution is 5.76. The van der Waals surface area contributed by atoms with Crippen molar-refractivity contribution in [3.8, 4) is 0 Å². The highest BCUT2D eigenvalue weighted by Gasteiger charge is 2.19. The molecule has 0 aliphatic heterocycles. The average Bonchev–Trinajstić information content (AvgIpc) is 2.66. The van der Waals surface area contributed by atoms with Gasteiger partial charge in [-0.1, -0.05) is 31.4 Å². The summed E-state index contributed by atoms with van der Waals surface area (Å²) in [6, 6.07) is 9.18. The van der Waals surface area contributed by atoms with Crippen LogP contribution < -0.4 is 0 Å². The van der Waals surface area contributed by atoms with Gasteiger partial charge in [-0.3, -0.25) is 0 Å². The van der Waals surface area contributed by atoms with E-state index in [1.54, 1.807) is 0 Å². The maximum Gasteiger partial charge on any atom is 0.106 e. The quantitative estimate of drug-likeness (QED) is 0.705. The van der Waals surface area contributed by atoms with E-state index in [9.17, 15) is 0 Å². The number of hydrogen-bond donors (Lipinski definition) is 0. The number of benzene rings is 1. The van der Waals surface area contributed by atoms with Gasteiger partial charge < -0.3 is 4.57 Å². The Morgan fingerprint density at radius 3 is 2.69 bits per heavy atom. The van der Waals surface area contributed by atoms with Crippen molar-refractivity contribution < 1.29 is 0 Å². The van der Waals surface area contributed by atoms with Gasteiger partial charge in [0.05, 0.1) is 11.0 Å². The Bertz CT molecular complexity index is 492. The Hall–Kier alpha value is -1.31. The summed E-state index contributed by atoms with van der Waals surface area (Å²) in [6.07, 6.45) is 6.79. The highest BCUT2D eigenvalue weighted by atomic mass is 15.1. The first-order valence-electron chi connectivity index (χ1n) is 6.30. The summed E-state index contributed by atoms with van der Waals surface area (Å²) in [5.41, 5.74) is 2.46. The van der Waals surface area contributed by atoms with E-state index in [-0.39, 0.29) is 0 Å². The lowest BCUT2D eigenvalue weighted by Gasteiger charge is -2.24. The molecule has 2 heteroatoms. The number of imidazole rings is 1. The van der Waals surface area contributed by atoms with Gasteiger partial charge in [-0.25, -0.2) is 4.98 Å². The van der Waals surface area contributed by atoms with Gasteiger partial charge in [0.15, 0.2) is 0 Å². The second kappa shape index (κ2) is 3.93. The zero-order valence-corrected chi connectivity index (χ0v) is 9.82. The fraction of sp³-hybridized carbons (Fsp3) is 0.500. The standard InChI is InChI=1S/C14H18N2/c1-11-15-13-9-5-6-10-14(13)16(11)12-7-3-2-4-8-12/h5-6,9-10,12H,2-4,7-8H2,1H3. The van der Waals surface area contributed by atoms with Crippen LogP contribution in [0.2, 0.25) is 0 Å². The Kier molecular flexibility index (Phi) is 2.43. The zero-order valence-electron chi connectivity index (χ0n) is 9.82. The van der Waals surface area contributed by atoms with Crippen molar-refractivity contribution in [1.29, 1.82) is 0 Å². The van der Waals surface area contributed by atoms with Gasteiger partial charge in [0.2, 0.25) is 0 Å². The van der Waals surface area contributed by atoms with Crippen molar-refractivity contribution in [3.05, 3.63) is 30.1 Å². The number of hydrogen-bond acceptors (Lipinski definition) is 1. The third-order valence-electron chi connectivity index (χ3n) is 3.71. The molecule has 0 saturated heterocycles. The molecule has 0 unspecified atom stereocenters. The van der Waals surface area contributed by atoms with Crippen LogP contribution in [0, 0.1) is 6.92 Å². The minimum Gasteiger partial charge on any atom is -0.325 e. The second-order valence-corrected chi connectivity index (χ2v) is 4.81. The van der Waals surface area contributed by atoms with E-state index < -0.39 is 0 Å². The topological polar surface area (TPSA) is 17.8 Å². The fourth-order valence-corrected chi connectivity index (χ4v) is 2.97. The van der Waals surface area contributed by atoms with E-state index >= 15 is 0 Å². The molecule has 0 bridgehead atoms. The molecular formula is C14H18N2. The third kappa shape index (κ3) is 1.53. The molecule has 1 aliphatic carbocycles. The smallest absolute Gasteiger partial charge is 0.106 e. The van der Waals surface area contributed by atoms with Crippen molar-refractivity contribution >= 4 is 11.0 Å². The molecule has 1 aliphatic rings. The van der Waals surface area contributed by atoms with Gasteiger partial charge in [0.25, 0.3) is 0 Å². The summed E-state index contributed by atoms with van der Waals surface area (Å²) in [5, 5.41) is 0. The molecule has 0 radical (unpaired) electrons. The van der Waals surface area contributed by atoms with Gasteiger partial charge in [-0.15, -0.1) is 0 Å². The van der Waals surface area contributed by atoms with Gasteiger partial charge in [0.1, 0.15) is 5.82 Å². The van der Waals surface area contributed by atoms with Crippen LogP contribution in [0.3, 0.4) is 0 Å². The summed E-state index contributed by atoms with van der Waals surface area (Å²) in [5.74, 6) is 1.17. The lowest BCUT2D eigenvalue weighted by molar-refractivity contribution is 0.355. The number of rotatable bonds is 1. The molecule has 0 N–H and O–H groups in total. The van der Waals surface area contributed by atoms with Crippen molar-refractivity contribution in [2.45, 2.75) is 45.1 Å². The van der Waals surface area contributed by atoms with E-state index in [1.807, 2.05) is 0 Å². The van der Waals surface area contributed by atoms with E-state index in [1.165, 1.54) is 43.4 Å². The number of aryl methyl sites for hydroxylation is 1. The van der Waals surface area contributed by atoms with Crippen LogP contribution in [-0.2, 0) is 0 Å². The fourth-order valence-electron chi connectivity index (χ4n) is 2.97. The second-order valence-electron chi connectivity index (χ2n) is 4.81. The van der Waals surface area contributed by atoms with Gasteiger partial charge >= 0.3 is 0 Å².